The van der Waals surface area contributed by atoms with Crippen LogP contribution >= 0.6 is 0 Å². The third-order valence-corrected chi connectivity index (χ3v) is 5.33. The van der Waals surface area contributed by atoms with Gasteiger partial charge in [0.2, 0.25) is 5.91 Å². The van der Waals surface area contributed by atoms with Gasteiger partial charge in [-0.2, -0.15) is 9.78 Å². The second kappa shape index (κ2) is 8.63. The van der Waals surface area contributed by atoms with Gasteiger partial charge < -0.3 is 15.7 Å². The summed E-state index contributed by atoms with van der Waals surface area (Å²) < 4.78 is 1.40. The molecule has 1 fully saturated rings. The molecule has 1 aliphatic rings. The SMILES string of the molecule is CCC(=O)Nc1ccc(O)c(-c2cc(C3CC3)n(C(=O)NCc3cccc(C)c3)n2)c1. The molecule has 4 rings (SSSR count). The number of nitrogens with zero attached hydrogens (tertiary/aromatic N) is 2. The van der Waals surface area contributed by atoms with Gasteiger partial charge in [-0.05, 0) is 49.6 Å². The molecule has 0 unspecified atom stereocenters. The Kier molecular flexibility index (Phi) is 5.75. The van der Waals surface area contributed by atoms with E-state index in [2.05, 4.69) is 15.7 Å². The molecular formula is C24H26N4O3. The number of benzene rings is 2. The lowest BCUT2D eigenvalue weighted by Crippen LogP contribution is -2.30. The Morgan fingerprint density at radius 2 is 1.97 bits per heavy atom. The molecule has 0 saturated heterocycles. The first-order chi connectivity index (χ1) is 14.9. The van der Waals surface area contributed by atoms with E-state index in [9.17, 15) is 14.7 Å². The van der Waals surface area contributed by atoms with Crippen LogP contribution in [-0.2, 0) is 11.3 Å². The molecule has 3 aromatic rings. The highest BCUT2D eigenvalue weighted by molar-refractivity contribution is 5.91. The second-order valence-corrected chi connectivity index (χ2v) is 7.92. The number of carbonyl (C=O) groups is 2. The van der Waals surface area contributed by atoms with Crippen LogP contribution in [0.1, 0.15) is 48.9 Å². The van der Waals surface area contributed by atoms with Crippen LogP contribution in [0, 0.1) is 6.92 Å². The summed E-state index contributed by atoms with van der Waals surface area (Å²) >= 11 is 0. The van der Waals surface area contributed by atoms with Gasteiger partial charge >= 0.3 is 6.03 Å². The van der Waals surface area contributed by atoms with Crippen LogP contribution in [0.2, 0.25) is 0 Å². The van der Waals surface area contributed by atoms with Crippen LogP contribution in [0.15, 0.2) is 48.5 Å². The number of hydrogen-bond acceptors (Lipinski definition) is 4. The summed E-state index contributed by atoms with van der Waals surface area (Å²) in [6.07, 6.45) is 2.38. The fraction of sp³-hybridized carbons (Fsp3) is 0.292. The van der Waals surface area contributed by atoms with Crippen LogP contribution in [0.5, 0.6) is 5.75 Å². The zero-order valence-corrected chi connectivity index (χ0v) is 17.7. The summed E-state index contributed by atoms with van der Waals surface area (Å²) in [6.45, 7) is 4.19. The van der Waals surface area contributed by atoms with Gasteiger partial charge in [0.05, 0.1) is 11.4 Å². The van der Waals surface area contributed by atoms with Crippen molar-refractivity contribution in [1.29, 1.82) is 0 Å². The molecule has 0 aliphatic heterocycles. The summed E-state index contributed by atoms with van der Waals surface area (Å²) in [4.78, 5) is 24.6. The normalized spacial score (nSPS) is 13.1. The summed E-state index contributed by atoms with van der Waals surface area (Å²) in [5.74, 6) is 0.217. The first-order valence-corrected chi connectivity index (χ1v) is 10.5. The van der Waals surface area contributed by atoms with Crippen LogP contribution in [0.3, 0.4) is 0 Å². The fourth-order valence-electron chi connectivity index (χ4n) is 3.50. The Morgan fingerprint density at radius 1 is 1.16 bits per heavy atom. The van der Waals surface area contributed by atoms with Gasteiger partial charge in [-0.25, -0.2) is 4.79 Å². The van der Waals surface area contributed by atoms with Gasteiger partial charge in [0.25, 0.3) is 0 Å². The molecule has 1 aromatic heterocycles. The monoisotopic (exact) mass is 418 g/mol. The third kappa shape index (κ3) is 4.77. The van der Waals surface area contributed by atoms with Gasteiger partial charge in [0, 0.05) is 30.1 Å². The Hall–Kier alpha value is -3.61. The number of phenolic OH excluding ortho intramolecular Hbond substituents is 1. The number of amides is 2. The highest BCUT2D eigenvalue weighted by atomic mass is 16.3. The number of anilines is 1. The first kappa shape index (κ1) is 20.7. The number of carbonyl (C=O) groups excluding carboxylic acids is 2. The van der Waals surface area contributed by atoms with Crippen molar-refractivity contribution in [3.63, 3.8) is 0 Å². The molecule has 7 heteroatoms. The zero-order valence-electron chi connectivity index (χ0n) is 17.7. The van der Waals surface area contributed by atoms with Crippen molar-refractivity contribution in [1.82, 2.24) is 15.1 Å². The molecule has 0 radical (unpaired) electrons. The van der Waals surface area contributed by atoms with Gasteiger partial charge in [0.15, 0.2) is 0 Å². The van der Waals surface area contributed by atoms with Crippen LogP contribution in [0.4, 0.5) is 10.5 Å². The second-order valence-electron chi connectivity index (χ2n) is 7.92. The molecule has 31 heavy (non-hydrogen) atoms. The lowest BCUT2D eigenvalue weighted by Gasteiger charge is -2.09. The third-order valence-electron chi connectivity index (χ3n) is 5.33. The standard InChI is InChI=1S/C24H26N4O3/c1-3-23(30)26-18-9-10-22(29)19(12-18)20-13-21(17-7-8-17)28(27-20)24(31)25-14-16-6-4-5-15(2)11-16/h4-6,9-13,17,29H,3,7-8,14H2,1-2H3,(H,25,31)(H,26,30). The van der Waals surface area contributed by atoms with E-state index in [1.54, 1.807) is 19.1 Å². The van der Waals surface area contributed by atoms with Crippen molar-refractivity contribution in [3.8, 4) is 17.0 Å². The number of aromatic nitrogens is 2. The minimum atomic E-state index is -0.301. The number of nitrogens with one attached hydrogen (secondary N) is 2. The van der Waals surface area contributed by atoms with Gasteiger partial charge in [-0.15, -0.1) is 0 Å². The highest BCUT2D eigenvalue weighted by Gasteiger charge is 2.30. The van der Waals surface area contributed by atoms with Crippen molar-refractivity contribution in [2.45, 2.75) is 45.6 Å². The van der Waals surface area contributed by atoms with Gasteiger partial charge in [-0.3, -0.25) is 4.79 Å². The average molecular weight is 418 g/mol. The van der Waals surface area contributed by atoms with E-state index in [0.29, 0.717) is 29.9 Å². The van der Waals surface area contributed by atoms with Gasteiger partial charge in [-0.1, -0.05) is 36.8 Å². The van der Waals surface area contributed by atoms with E-state index in [-0.39, 0.29) is 23.6 Å². The molecule has 2 amide bonds. The summed E-state index contributed by atoms with van der Waals surface area (Å²) in [5, 5.41) is 20.6. The predicted molar refractivity (Wildman–Crippen MR) is 119 cm³/mol. The van der Waals surface area contributed by atoms with Crippen molar-refractivity contribution >= 4 is 17.6 Å². The first-order valence-electron chi connectivity index (χ1n) is 10.5. The smallest absolute Gasteiger partial charge is 0.342 e. The van der Waals surface area contributed by atoms with Crippen molar-refractivity contribution in [2.75, 3.05) is 5.32 Å². The summed E-state index contributed by atoms with van der Waals surface area (Å²) in [6, 6.07) is 14.4. The predicted octanol–water partition coefficient (Wildman–Crippen LogP) is 4.55. The van der Waals surface area contributed by atoms with E-state index < -0.39 is 0 Å². The fourth-order valence-corrected chi connectivity index (χ4v) is 3.50. The molecule has 160 valence electrons. The molecule has 1 saturated carbocycles. The maximum Gasteiger partial charge on any atom is 0.342 e. The molecular weight excluding hydrogens is 392 g/mol. The lowest BCUT2D eigenvalue weighted by molar-refractivity contribution is -0.115. The maximum atomic E-state index is 12.9. The molecule has 2 aromatic carbocycles. The molecule has 3 N–H and O–H groups in total. The van der Waals surface area contributed by atoms with Crippen molar-refractivity contribution in [2.24, 2.45) is 0 Å². The van der Waals surface area contributed by atoms with Crippen molar-refractivity contribution < 1.29 is 14.7 Å². The number of hydrogen-bond donors (Lipinski definition) is 3. The minimum Gasteiger partial charge on any atom is -0.507 e. The quantitative estimate of drug-likeness (QED) is 0.512. The Bertz CT molecular complexity index is 1130. The summed E-state index contributed by atoms with van der Waals surface area (Å²) in [7, 11) is 0. The molecule has 0 atom stereocenters. The van der Waals surface area contributed by atoms with Crippen LogP contribution in [-0.4, -0.2) is 26.8 Å². The van der Waals surface area contributed by atoms with E-state index in [1.165, 1.54) is 10.7 Å². The van der Waals surface area contributed by atoms with Crippen LogP contribution in [0.25, 0.3) is 11.3 Å². The van der Waals surface area contributed by atoms with E-state index in [1.807, 2.05) is 37.3 Å². The molecule has 1 heterocycles. The minimum absolute atomic E-state index is 0.0432. The van der Waals surface area contributed by atoms with E-state index >= 15 is 0 Å². The molecule has 7 nitrogen and oxygen atoms in total. The van der Waals surface area contributed by atoms with E-state index in [0.717, 1.165) is 29.7 Å². The summed E-state index contributed by atoms with van der Waals surface area (Å²) in [5.41, 5.74) is 4.53. The number of aromatic hydroxyl groups is 1. The largest absolute Gasteiger partial charge is 0.507 e. The highest BCUT2D eigenvalue weighted by Crippen LogP contribution is 2.42. The molecule has 0 spiro atoms. The van der Waals surface area contributed by atoms with E-state index in [4.69, 9.17) is 0 Å². The maximum absolute atomic E-state index is 12.9. The molecule has 1 aliphatic carbocycles. The molecule has 0 bridgehead atoms. The Morgan fingerprint density at radius 3 is 2.68 bits per heavy atom. The Balaban J connectivity index is 1.60. The number of phenols is 1. The lowest BCUT2D eigenvalue weighted by atomic mass is 10.1. The van der Waals surface area contributed by atoms with Gasteiger partial charge in [0.1, 0.15) is 5.75 Å². The number of rotatable bonds is 6. The zero-order chi connectivity index (χ0) is 22.0. The van der Waals surface area contributed by atoms with Crippen LogP contribution < -0.4 is 10.6 Å². The average Bonchev–Trinajstić information content (AvgIpc) is 3.51. The number of aryl methyl sites for hydroxylation is 1. The van der Waals surface area contributed by atoms with Crippen molar-refractivity contribution in [3.05, 3.63) is 65.4 Å². The Labute approximate surface area is 181 Å². The topological polar surface area (TPSA) is 96.2 Å².